The summed E-state index contributed by atoms with van der Waals surface area (Å²) in [6, 6.07) is 10.3. The topological polar surface area (TPSA) is 20.3 Å². The van der Waals surface area contributed by atoms with E-state index in [2.05, 4.69) is 31.0 Å². The number of Topliss-reactive ketones (excluding diaryl/α,β-unsaturated/α-hetero) is 1. The van der Waals surface area contributed by atoms with Crippen molar-refractivity contribution in [2.45, 2.75) is 19.8 Å². The highest BCUT2D eigenvalue weighted by Crippen LogP contribution is 2.29. The third-order valence-electron chi connectivity index (χ3n) is 3.45. The Kier molecular flexibility index (Phi) is 3.10. The fraction of sp³-hybridized carbons (Fsp3) is 0.500. The molecular formula is C14H19NO. The molecule has 2 heteroatoms. The number of nitrogens with zero attached hydrogens (tertiary/aromatic N) is 1. The first kappa shape index (κ1) is 11.3. The van der Waals surface area contributed by atoms with Crippen molar-refractivity contribution < 1.29 is 4.79 Å². The monoisotopic (exact) mass is 217 g/mol. The maximum absolute atomic E-state index is 12.0. The van der Waals surface area contributed by atoms with Crippen molar-refractivity contribution in [2.75, 3.05) is 20.1 Å². The van der Waals surface area contributed by atoms with Crippen molar-refractivity contribution >= 4 is 5.78 Å². The van der Waals surface area contributed by atoms with Crippen LogP contribution in [0, 0.1) is 5.41 Å². The van der Waals surface area contributed by atoms with E-state index in [1.165, 1.54) is 5.56 Å². The van der Waals surface area contributed by atoms with E-state index >= 15 is 0 Å². The molecule has 2 nitrogen and oxygen atoms in total. The third kappa shape index (κ3) is 2.33. The summed E-state index contributed by atoms with van der Waals surface area (Å²) in [6.07, 6.45) is 1.55. The Morgan fingerprint density at radius 1 is 1.31 bits per heavy atom. The molecule has 1 aliphatic heterocycles. The summed E-state index contributed by atoms with van der Waals surface area (Å²) in [7, 11) is 2.09. The number of ketones is 1. The lowest BCUT2D eigenvalue weighted by Crippen LogP contribution is -2.47. The van der Waals surface area contributed by atoms with Crippen LogP contribution in [-0.2, 0) is 11.2 Å². The zero-order valence-corrected chi connectivity index (χ0v) is 10.1. The molecule has 86 valence electrons. The van der Waals surface area contributed by atoms with Gasteiger partial charge in [-0.05, 0) is 19.0 Å². The maximum atomic E-state index is 12.0. The second kappa shape index (κ2) is 4.38. The first-order valence-corrected chi connectivity index (χ1v) is 5.86. The molecule has 1 saturated heterocycles. The molecule has 0 N–H and O–H groups in total. The van der Waals surface area contributed by atoms with E-state index < -0.39 is 0 Å². The van der Waals surface area contributed by atoms with Crippen molar-refractivity contribution in [3.63, 3.8) is 0 Å². The lowest BCUT2D eigenvalue weighted by molar-refractivity contribution is -0.132. The maximum Gasteiger partial charge on any atom is 0.141 e. The average molecular weight is 217 g/mol. The second-order valence-corrected chi connectivity index (χ2v) is 5.13. The van der Waals surface area contributed by atoms with Gasteiger partial charge in [0, 0.05) is 24.9 Å². The van der Waals surface area contributed by atoms with E-state index in [1.54, 1.807) is 0 Å². The van der Waals surface area contributed by atoms with Crippen LogP contribution in [0.3, 0.4) is 0 Å². The van der Waals surface area contributed by atoms with E-state index in [0.717, 1.165) is 19.5 Å². The van der Waals surface area contributed by atoms with Gasteiger partial charge in [-0.1, -0.05) is 37.3 Å². The van der Waals surface area contributed by atoms with E-state index in [4.69, 9.17) is 0 Å². The minimum absolute atomic E-state index is 0.200. The van der Waals surface area contributed by atoms with Crippen LogP contribution in [0.15, 0.2) is 30.3 Å². The Balaban J connectivity index is 2.15. The van der Waals surface area contributed by atoms with Gasteiger partial charge in [0.05, 0.1) is 0 Å². The van der Waals surface area contributed by atoms with Gasteiger partial charge in [0.1, 0.15) is 5.78 Å². The van der Waals surface area contributed by atoms with Gasteiger partial charge in [-0.2, -0.15) is 0 Å². The number of benzene rings is 1. The molecule has 0 spiro atoms. The smallest absolute Gasteiger partial charge is 0.141 e. The van der Waals surface area contributed by atoms with Gasteiger partial charge in [0.15, 0.2) is 0 Å². The lowest BCUT2D eigenvalue weighted by atomic mass is 9.76. The van der Waals surface area contributed by atoms with Crippen molar-refractivity contribution in [1.82, 2.24) is 4.90 Å². The van der Waals surface area contributed by atoms with Crippen molar-refractivity contribution in [3.05, 3.63) is 35.9 Å². The second-order valence-electron chi connectivity index (χ2n) is 5.13. The molecule has 1 aromatic rings. The van der Waals surface area contributed by atoms with Crippen LogP contribution < -0.4 is 0 Å². The largest absolute Gasteiger partial charge is 0.305 e. The standard InChI is InChI=1S/C14H19NO/c1-14(10-12-6-4-3-5-7-12)11-15(2)9-8-13(14)16/h3-7H,8-11H2,1-2H3. The molecule has 1 heterocycles. The summed E-state index contributed by atoms with van der Waals surface area (Å²) in [5, 5.41) is 0. The van der Waals surface area contributed by atoms with Crippen LogP contribution >= 0.6 is 0 Å². The molecule has 0 aliphatic carbocycles. The average Bonchev–Trinajstić information content (AvgIpc) is 2.25. The zero-order valence-electron chi connectivity index (χ0n) is 10.1. The predicted octanol–water partition coefficient (Wildman–Crippen LogP) is 2.14. The van der Waals surface area contributed by atoms with Gasteiger partial charge in [0.2, 0.25) is 0 Å². The van der Waals surface area contributed by atoms with Gasteiger partial charge in [-0.15, -0.1) is 0 Å². The van der Waals surface area contributed by atoms with Crippen LogP contribution in [0.25, 0.3) is 0 Å². The molecule has 0 saturated carbocycles. The Hall–Kier alpha value is -1.15. The van der Waals surface area contributed by atoms with Crippen molar-refractivity contribution in [3.8, 4) is 0 Å². The molecule has 1 unspecified atom stereocenters. The summed E-state index contributed by atoms with van der Waals surface area (Å²) in [5.74, 6) is 0.412. The molecular weight excluding hydrogens is 198 g/mol. The third-order valence-corrected chi connectivity index (χ3v) is 3.45. The number of hydrogen-bond donors (Lipinski definition) is 0. The summed E-state index contributed by atoms with van der Waals surface area (Å²) in [5.41, 5.74) is 1.06. The first-order valence-electron chi connectivity index (χ1n) is 5.86. The van der Waals surface area contributed by atoms with Gasteiger partial charge in [-0.25, -0.2) is 0 Å². The molecule has 1 fully saturated rings. The highest BCUT2D eigenvalue weighted by molar-refractivity contribution is 5.85. The van der Waals surface area contributed by atoms with Crippen LogP contribution in [0.1, 0.15) is 18.9 Å². The first-order chi connectivity index (χ1) is 7.60. The van der Waals surface area contributed by atoms with Gasteiger partial charge in [-0.3, -0.25) is 4.79 Å². The molecule has 2 rings (SSSR count). The summed E-state index contributed by atoms with van der Waals surface area (Å²) >= 11 is 0. The predicted molar refractivity (Wildman–Crippen MR) is 65.4 cm³/mol. The number of carbonyl (C=O) groups excluding carboxylic acids is 1. The quantitative estimate of drug-likeness (QED) is 0.756. The fourth-order valence-electron chi connectivity index (χ4n) is 2.56. The molecule has 1 atom stereocenters. The van der Waals surface area contributed by atoms with E-state index in [-0.39, 0.29) is 5.41 Å². The zero-order chi connectivity index (χ0) is 11.6. The van der Waals surface area contributed by atoms with Gasteiger partial charge in [0.25, 0.3) is 0 Å². The van der Waals surface area contributed by atoms with Crippen molar-refractivity contribution in [2.24, 2.45) is 5.41 Å². The highest BCUT2D eigenvalue weighted by atomic mass is 16.1. The lowest BCUT2D eigenvalue weighted by Gasteiger charge is -2.37. The van der Waals surface area contributed by atoms with E-state index in [0.29, 0.717) is 12.2 Å². The van der Waals surface area contributed by atoms with Gasteiger partial charge >= 0.3 is 0 Å². The SMILES string of the molecule is CN1CCC(=O)C(C)(Cc2ccccc2)C1. The molecule has 0 radical (unpaired) electrons. The normalized spacial score (nSPS) is 27.0. The number of piperidine rings is 1. The number of rotatable bonds is 2. The molecule has 0 amide bonds. The van der Waals surface area contributed by atoms with E-state index in [1.807, 2.05) is 18.2 Å². The summed E-state index contributed by atoms with van der Waals surface area (Å²) < 4.78 is 0. The fourth-order valence-corrected chi connectivity index (χ4v) is 2.56. The Morgan fingerprint density at radius 3 is 2.69 bits per heavy atom. The minimum Gasteiger partial charge on any atom is -0.305 e. The molecule has 1 aliphatic rings. The summed E-state index contributed by atoms with van der Waals surface area (Å²) in [6.45, 7) is 3.88. The van der Waals surface area contributed by atoms with Crippen LogP contribution in [0.5, 0.6) is 0 Å². The van der Waals surface area contributed by atoms with Crippen LogP contribution in [0.4, 0.5) is 0 Å². The van der Waals surface area contributed by atoms with Gasteiger partial charge < -0.3 is 4.90 Å². The number of likely N-dealkylation sites (tertiary alicyclic amines) is 1. The highest BCUT2D eigenvalue weighted by Gasteiger charge is 2.37. The Bertz CT molecular complexity index is 374. The van der Waals surface area contributed by atoms with Crippen LogP contribution in [0.2, 0.25) is 0 Å². The number of hydrogen-bond acceptors (Lipinski definition) is 2. The molecule has 0 bridgehead atoms. The molecule has 16 heavy (non-hydrogen) atoms. The molecule has 0 aromatic heterocycles. The van der Waals surface area contributed by atoms with Crippen LogP contribution in [-0.4, -0.2) is 30.8 Å². The molecule has 1 aromatic carbocycles. The Labute approximate surface area is 97.3 Å². The van der Waals surface area contributed by atoms with E-state index in [9.17, 15) is 4.79 Å². The Morgan fingerprint density at radius 2 is 2.00 bits per heavy atom. The van der Waals surface area contributed by atoms with Crippen molar-refractivity contribution in [1.29, 1.82) is 0 Å². The summed E-state index contributed by atoms with van der Waals surface area (Å²) in [4.78, 5) is 14.3. The number of carbonyl (C=O) groups is 1. The minimum atomic E-state index is -0.200.